The molecule has 1 saturated carbocycles. The van der Waals surface area contributed by atoms with Crippen LogP contribution in [-0.4, -0.2) is 5.11 Å². The standard InChI is InChI=1S/C15H21FO/c1-10-7-13(8-11(2)15(10)16)14(17)9-12-5-3-4-6-12/h7-8,12,14,17H,3-6,9H2,1-2H3. The van der Waals surface area contributed by atoms with Crippen molar-refractivity contribution in [1.29, 1.82) is 0 Å². The van der Waals surface area contributed by atoms with Crippen molar-refractivity contribution >= 4 is 0 Å². The number of aryl methyl sites for hydroxylation is 2. The Morgan fingerprint density at radius 2 is 1.76 bits per heavy atom. The van der Waals surface area contributed by atoms with E-state index in [1.165, 1.54) is 25.7 Å². The minimum atomic E-state index is -0.434. The lowest BCUT2D eigenvalue weighted by Crippen LogP contribution is -2.05. The van der Waals surface area contributed by atoms with Gasteiger partial charge in [0.1, 0.15) is 5.82 Å². The van der Waals surface area contributed by atoms with Gasteiger partial charge in [-0.15, -0.1) is 0 Å². The molecule has 0 amide bonds. The zero-order chi connectivity index (χ0) is 12.4. The van der Waals surface area contributed by atoms with Crippen LogP contribution in [0.2, 0.25) is 0 Å². The lowest BCUT2D eigenvalue weighted by molar-refractivity contribution is 0.144. The van der Waals surface area contributed by atoms with E-state index in [4.69, 9.17) is 0 Å². The molecule has 1 atom stereocenters. The van der Waals surface area contributed by atoms with Gasteiger partial charge in [0.25, 0.3) is 0 Å². The fraction of sp³-hybridized carbons (Fsp3) is 0.600. The van der Waals surface area contributed by atoms with Gasteiger partial charge in [-0.3, -0.25) is 0 Å². The van der Waals surface area contributed by atoms with E-state index in [1.54, 1.807) is 26.0 Å². The van der Waals surface area contributed by atoms with Gasteiger partial charge in [0.05, 0.1) is 6.10 Å². The lowest BCUT2D eigenvalue weighted by Gasteiger charge is -2.17. The Balaban J connectivity index is 2.10. The summed E-state index contributed by atoms with van der Waals surface area (Å²) in [5, 5.41) is 10.2. The van der Waals surface area contributed by atoms with Crippen molar-refractivity contribution in [3.05, 3.63) is 34.6 Å². The van der Waals surface area contributed by atoms with Crippen molar-refractivity contribution in [2.24, 2.45) is 5.92 Å². The zero-order valence-corrected chi connectivity index (χ0v) is 10.7. The molecule has 0 bridgehead atoms. The third kappa shape index (κ3) is 2.86. The highest BCUT2D eigenvalue weighted by Gasteiger charge is 2.20. The average Bonchev–Trinajstić information content (AvgIpc) is 2.77. The van der Waals surface area contributed by atoms with Crippen molar-refractivity contribution in [2.75, 3.05) is 0 Å². The molecule has 1 aromatic rings. The molecule has 1 aromatic carbocycles. The maximum atomic E-state index is 13.5. The van der Waals surface area contributed by atoms with E-state index < -0.39 is 6.10 Å². The van der Waals surface area contributed by atoms with Crippen LogP contribution in [0.5, 0.6) is 0 Å². The first-order chi connectivity index (χ1) is 8.08. The second kappa shape index (κ2) is 5.18. The van der Waals surface area contributed by atoms with Crippen molar-refractivity contribution in [3.8, 4) is 0 Å². The van der Waals surface area contributed by atoms with Gasteiger partial charge in [0, 0.05) is 0 Å². The molecule has 94 valence electrons. The molecule has 0 aliphatic heterocycles. The summed E-state index contributed by atoms with van der Waals surface area (Å²) >= 11 is 0. The molecular weight excluding hydrogens is 215 g/mol. The SMILES string of the molecule is Cc1cc(C(O)CC2CCCC2)cc(C)c1F. The van der Waals surface area contributed by atoms with E-state index in [0.29, 0.717) is 17.0 Å². The topological polar surface area (TPSA) is 20.2 Å². The van der Waals surface area contributed by atoms with E-state index in [-0.39, 0.29) is 5.82 Å². The fourth-order valence-corrected chi connectivity index (χ4v) is 2.87. The molecule has 1 fully saturated rings. The third-order valence-electron chi connectivity index (χ3n) is 3.87. The summed E-state index contributed by atoms with van der Waals surface area (Å²) in [7, 11) is 0. The second-order valence-electron chi connectivity index (χ2n) is 5.37. The monoisotopic (exact) mass is 236 g/mol. The highest BCUT2D eigenvalue weighted by Crippen LogP contribution is 2.33. The molecule has 1 N–H and O–H groups in total. The number of benzene rings is 1. The van der Waals surface area contributed by atoms with E-state index >= 15 is 0 Å². The molecule has 0 saturated heterocycles. The molecule has 0 radical (unpaired) electrons. The fourth-order valence-electron chi connectivity index (χ4n) is 2.87. The highest BCUT2D eigenvalue weighted by molar-refractivity contribution is 5.31. The number of rotatable bonds is 3. The van der Waals surface area contributed by atoms with Crippen molar-refractivity contribution in [2.45, 2.75) is 52.1 Å². The van der Waals surface area contributed by atoms with Crippen LogP contribution in [0.3, 0.4) is 0 Å². The van der Waals surface area contributed by atoms with Crippen LogP contribution in [-0.2, 0) is 0 Å². The summed E-state index contributed by atoms with van der Waals surface area (Å²) < 4.78 is 13.5. The molecule has 1 aliphatic rings. The van der Waals surface area contributed by atoms with Crippen LogP contribution in [0, 0.1) is 25.6 Å². The Bertz CT molecular complexity index is 371. The minimum Gasteiger partial charge on any atom is -0.388 e. The normalized spacial score (nSPS) is 18.6. The van der Waals surface area contributed by atoms with E-state index in [1.807, 2.05) is 0 Å². The van der Waals surface area contributed by atoms with Gasteiger partial charge in [-0.25, -0.2) is 4.39 Å². The number of hydrogen-bond donors (Lipinski definition) is 1. The summed E-state index contributed by atoms with van der Waals surface area (Å²) in [4.78, 5) is 0. The summed E-state index contributed by atoms with van der Waals surface area (Å²) in [6.07, 6.45) is 5.44. The molecular formula is C15H21FO. The smallest absolute Gasteiger partial charge is 0.129 e. The van der Waals surface area contributed by atoms with Gasteiger partial charge in [-0.2, -0.15) is 0 Å². The summed E-state index contributed by atoms with van der Waals surface area (Å²) in [6.45, 7) is 3.52. The molecule has 2 rings (SSSR count). The molecule has 0 spiro atoms. The van der Waals surface area contributed by atoms with Gasteiger partial charge < -0.3 is 5.11 Å². The first-order valence-corrected chi connectivity index (χ1v) is 6.52. The number of hydrogen-bond acceptors (Lipinski definition) is 1. The number of aliphatic hydroxyl groups excluding tert-OH is 1. The summed E-state index contributed by atoms with van der Waals surface area (Å²) in [6, 6.07) is 3.56. The van der Waals surface area contributed by atoms with Crippen molar-refractivity contribution in [3.63, 3.8) is 0 Å². The van der Waals surface area contributed by atoms with Gasteiger partial charge in [0.2, 0.25) is 0 Å². The van der Waals surface area contributed by atoms with Gasteiger partial charge in [0.15, 0.2) is 0 Å². The van der Waals surface area contributed by atoms with E-state index in [9.17, 15) is 9.50 Å². The Hall–Kier alpha value is -0.890. The molecule has 1 unspecified atom stereocenters. The van der Waals surface area contributed by atoms with Crippen molar-refractivity contribution < 1.29 is 9.50 Å². The largest absolute Gasteiger partial charge is 0.388 e. The maximum absolute atomic E-state index is 13.5. The van der Waals surface area contributed by atoms with Crippen LogP contribution >= 0.6 is 0 Å². The van der Waals surface area contributed by atoms with Crippen LogP contribution in [0.15, 0.2) is 12.1 Å². The predicted octanol–water partition coefficient (Wildman–Crippen LogP) is 4.06. The Morgan fingerprint density at radius 3 is 2.29 bits per heavy atom. The quantitative estimate of drug-likeness (QED) is 0.839. The zero-order valence-electron chi connectivity index (χ0n) is 10.7. The van der Waals surface area contributed by atoms with Crippen molar-refractivity contribution in [1.82, 2.24) is 0 Å². The van der Waals surface area contributed by atoms with Crippen LogP contribution in [0.4, 0.5) is 4.39 Å². The first kappa shape index (κ1) is 12.6. The third-order valence-corrected chi connectivity index (χ3v) is 3.87. The van der Waals surface area contributed by atoms with Gasteiger partial charge in [-0.05, 0) is 42.9 Å². The molecule has 17 heavy (non-hydrogen) atoms. The van der Waals surface area contributed by atoms with Gasteiger partial charge >= 0.3 is 0 Å². The van der Waals surface area contributed by atoms with Crippen LogP contribution < -0.4 is 0 Å². The van der Waals surface area contributed by atoms with Crippen LogP contribution in [0.25, 0.3) is 0 Å². The Morgan fingerprint density at radius 1 is 1.24 bits per heavy atom. The Kier molecular flexibility index (Phi) is 3.82. The first-order valence-electron chi connectivity index (χ1n) is 6.52. The molecule has 1 aliphatic carbocycles. The molecule has 0 aromatic heterocycles. The molecule has 0 heterocycles. The molecule has 1 nitrogen and oxygen atoms in total. The highest BCUT2D eigenvalue weighted by atomic mass is 19.1. The second-order valence-corrected chi connectivity index (χ2v) is 5.37. The number of aliphatic hydroxyl groups is 1. The van der Waals surface area contributed by atoms with Crippen LogP contribution in [0.1, 0.15) is 54.9 Å². The Labute approximate surface area is 103 Å². The minimum absolute atomic E-state index is 0.151. The summed E-state index contributed by atoms with van der Waals surface area (Å²) in [5.41, 5.74) is 2.13. The van der Waals surface area contributed by atoms with E-state index in [0.717, 1.165) is 12.0 Å². The summed E-state index contributed by atoms with van der Waals surface area (Å²) in [5.74, 6) is 0.498. The predicted molar refractivity (Wildman–Crippen MR) is 67.4 cm³/mol. The van der Waals surface area contributed by atoms with Gasteiger partial charge in [-0.1, -0.05) is 37.8 Å². The maximum Gasteiger partial charge on any atom is 0.129 e. The number of halogens is 1. The van der Waals surface area contributed by atoms with E-state index in [2.05, 4.69) is 0 Å². The average molecular weight is 236 g/mol. The lowest BCUT2D eigenvalue weighted by atomic mass is 9.94. The molecule has 2 heteroatoms.